The second-order valence-electron chi connectivity index (χ2n) is 11.4. The fraction of sp³-hybridized carbons (Fsp3) is 0.469. The van der Waals surface area contributed by atoms with Gasteiger partial charge >= 0.3 is 0 Å². The predicted molar refractivity (Wildman–Crippen MR) is 153 cm³/mol. The molecule has 0 N–H and O–H groups in total. The molecule has 0 amide bonds. The highest BCUT2D eigenvalue weighted by molar-refractivity contribution is 7.98. The van der Waals surface area contributed by atoms with Crippen molar-refractivity contribution in [2.45, 2.75) is 81.9 Å². The smallest absolute Gasteiger partial charge is 0.123 e. The minimum absolute atomic E-state index is 0.0290. The van der Waals surface area contributed by atoms with Crippen LogP contribution in [0.5, 0.6) is 5.75 Å². The highest BCUT2D eigenvalue weighted by Gasteiger charge is 2.41. The maximum atomic E-state index is 6.70. The molecule has 2 aliphatic rings. The van der Waals surface area contributed by atoms with Crippen molar-refractivity contribution in [1.82, 2.24) is 9.88 Å². The topological polar surface area (TPSA) is 25.4 Å². The first kappa shape index (κ1) is 25.4. The number of piperidine rings is 1. The van der Waals surface area contributed by atoms with Gasteiger partial charge < -0.3 is 4.74 Å². The molecule has 2 aliphatic heterocycles. The molecule has 3 nitrogen and oxygen atoms in total. The molecule has 0 saturated carbocycles. The zero-order valence-electron chi connectivity index (χ0n) is 22.3. The molecule has 4 heteroatoms. The van der Waals surface area contributed by atoms with E-state index in [1.165, 1.54) is 27.9 Å². The fourth-order valence-electron chi connectivity index (χ4n) is 5.61. The maximum absolute atomic E-state index is 6.70. The van der Waals surface area contributed by atoms with E-state index in [2.05, 4.69) is 92.2 Å². The Kier molecular flexibility index (Phi) is 7.46. The van der Waals surface area contributed by atoms with Gasteiger partial charge in [-0.15, -0.1) is 11.8 Å². The molecule has 3 heterocycles. The molecule has 1 fully saturated rings. The Hall–Kier alpha value is -2.30. The van der Waals surface area contributed by atoms with Crippen molar-refractivity contribution >= 4 is 11.8 Å². The van der Waals surface area contributed by atoms with Gasteiger partial charge in [-0.3, -0.25) is 9.88 Å². The Balaban J connectivity index is 1.21. The standard InChI is InChI=1S/C32H40N2OS/c1-5-30(28-8-6-7-19-33-28)36-23-24-9-11-25(12-10-24)26-13-14-29-27(22-26)15-16-32(35-29)17-20-34(21-18-32)31(2,3)4/h6-14,19,22,30H,5,15-18,20-21,23H2,1-4H3. The van der Waals surface area contributed by atoms with Crippen LogP contribution in [0.25, 0.3) is 11.1 Å². The fourth-order valence-corrected chi connectivity index (χ4v) is 6.74. The number of benzene rings is 2. The molecule has 1 unspecified atom stereocenters. The van der Waals surface area contributed by atoms with Crippen molar-refractivity contribution in [2.24, 2.45) is 0 Å². The second kappa shape index (κ2) is 10.6. The number of pyridine rings is 1. The number of ether oxygens (including phenoxy) is 1. The molecule has 190 valence electrons. The summed E-state index contributed by atoms with van der Waals surface area (Å²) in [7, 11) is 0. The average molecular weight is 501 g/mol. The van der Waals surface area contributed by atoms with Crippen LogP contribution in [-0.2, 0) is 12.2 Å². The Labute approximate surface area is 221 Å². The third-order valence-electron chi connectivity index (χ3n) is 7.99. The molecule has 1 aromatic heterocycles. The molecular formula is C32H40N2OS. The third-order valence-corrected chi connectivity index (χ3v) is 9.46. The van der Waals surface area contributed by atoms with Gasteiger partial charge in [-0.1, -0.05) is 43.3 Å². The first-order valence-electron chi connectivity index (χ1n) is 13.5. The van der Waals surface area contributed by atoms with E-state index in [0.717, 1.165) is 56.7 Å². The third kappa shape index (κ3) is 5.65. The van der Waals surface area contributed by atoms with Crippen LogP contribution >= 0.6 is 11.8 Å². The SMILES string of the molecule is CCC(SCc1ccc(-c2ccc3c(c2)CCC2(CCN(C(C)(C)C)CC2)O3)cc1)c1ccccn1. The Morgan fingerprint density at radius 2 is 1.72 bits per heavy atom. The minimum Gasteiger partial charge on any atom is -0.487 e. The first-order valence-corrected chi connectivity index (χ1v) is 14.6. The predicted octanol–water partition coefficient (Wildman–Crippen LogP) is 8.09. The van der Waals surface area contributed by atoms with Gasteiger partial charge in [0.05, 0.1) is 5.69 Å². The number of hydrogen-bond acceptors (Lipinski definition) is 4. The van der Waals surface area contributed by atoms with Gasteiger partial charge in [0, 0.05) is 35.8 Å². The largest absolute Gasteiger partial charge is 0.487 e. The van der Waals surface area contributed by atoms with Crippen LogP contribution in [-0.4, -0.2) is 34.1 Å². The molecule has 0 radical (unpaired) electrons. The van der Waals surface area contributed by atoms with Crippen LogP contribution in [0, 0.1) is 0 Å². The van der Waals surface area contributed by atoms with Crippen molar-refractivity contribution in [2.75, 3.05) is 13.1 Å². The lowest BCUT2D eigenvalue weighted by molar-refractivity contribution is -0.0355. The summed E-state index contributed by atoms with van der Waals surface area (Å²) in [5.41, 5.74) is 6.74. The van der Waals surface area contributed by atoms with E-state index >= 15 is 0 Å². The van der Waals surface area contributed by atoms with E-state index in [1.54, 1.807) is 0 Å². The number of thioether (sulfide) groups is 1. The number of aromatic nitrogens is 1. The molecule has 1 atom stereocenters. The van der Waals surface area contributed by atoms with Crippen molar-refractivity contribution in [3.05, 3.63) is 83.7 Å². The minimum atomic E-state index is 0.0290. The molecule has 3 aromatic rings. The summed E-state index contributed by atoms with van der Waals surface area (Å²) in [4.78, 5) is 7.16. The number of nitrogens with zero attached hydrogens (tertiary/aromatic N) is 2. The van der Waals surface area contributed by atoms with Gasteiger partial charge in [-0.05, 0) is 99.4 Å². The van der Waals surface area contributed by atoms with Crippen LogP contribution in [0.3, 0.4) is 0 Å². The average Bonchev–Trinajstić information content (AvgIpc) is 2.89. The highest BCUT2D eigenvalue weighted by Crippen LogP contribution is 2.42. The Morgan fingerprint density at radius 3 is 2.39 bits per heavy atom. The molecule has 1 saturated heterocycles. The van der Waals surface area contributed by atoms with E-state index in [1.807, 2.05) is 24.0 Å². The lowest BCUT2D eigenvalue weighted by atomic mass is 9.81. The van der Waals surface area contributed by atoms with Gasteiger partial charge in [-0.2, -0.15) is 0 Å². The lowest BCUT2D eigenvalue weighted by Crippen LogP contribution is -2.54. The number of rotatable bonds is 6. The van der Waals surface area contributed by atoms with Crippen LogP contribution in [0.15, 0.2) is 66.9 Å². The summed E-state index contributed by atoms with van der Waals surface area (Å²) >= 11 is 1.98. The zero-order valence-corrected chi connectivity index (χ0v) is 23.1. The van der Waals surface area contributed by atoms with E-state index in [4.69, 9.17) is 4.74 Å². The van der Waals surface area contributed by atoms with Gasteiger partial charge in [0.15, 0.2) is 0 Å². The summed E-state index contributed by atoms with van der Waals surface area (Å²) in [6, 6.07) is 22.1. The summed E-state index contributed by atoms with van der Waals surface area (Å²) in [6.07, 6.45) is 7.49. The molecule has 0 aliphatic carbocycles. The van der Waals surface area contributed by atoms with Crippen LogP contribution < -0.4 is 4.74 Å². The quantitative estimate of drug-likeness (QED) is 0.341. The van der Waals surface area contributed by atoms with Gasteiger partial charge in [0.25, 0.3) is 0 Å². The monoisotopic (exact) mass is 500 g/mol. The molecule has 36 heavy (non-hydrogen) atoms. The number of hydrogen-bond donors (Lipinski definition) is 0. The lowest BCUT2D eigenvalue weighted by Gasteiger charge is -2.48. The van der Waals surface area contributed by atoms with Crippen molar-refractivity contribution in [3.8, 4) is 16.9 Å². The first-order chi connectivity index (χ1) is 17.4. The zero-order chi connectivity index (χ0) is 25.2. The Bertz CT molecular complexity index is 1150. The number of likely N-dealkylation sites (tertiary alicyclic amines) is 1. The van der Waals surface area contributed by atoms with E-state index in [-0.39, 0.29) is 11.1 Å². The Morgan fingerprint density at radius 1 is 0.972 bits per heavy atom. The second-order valence-corrected chi connectivity index (χ2v) is 12.6. The summed E-state index contributed by atoms with van der Waals surface area (Å²) in [6.45, 7) is 11.5. The molecular weight excluding hydrogens is 460 g/mol. The van der Waals surface area contributed by atoms with E-state index in [0.29, 0.717) is 5.25 Å². The van der Waals surface area contributed by atoms with Crippen LogP contribution in [0.4, 0.5) is 0 Å². The normalized spacial score (nSPS) is 18.4. The number of aryl methyl sites for hydroxylation is 1. The van der Waals surface area contributed by atoms with Gasteiger partial charge in [0.1, 0.15) is 11.4 Å². The van der Waals surface area contributed by atoms with Crippen molar-refractivity contribution in [1.29, 1.82) is 0 Å². The summed E-state index contributed by atoms with van der Waals surface area (Å²) in [5, 5.41) is 0.440. The highest BCUT2D eigenvalue weighted by atomic mass is 32.2. The number of fused-ring (bicyclic) bond motifs is 1. The molecule has 5 rings (SSSR count). The molecule has 0 bridgehead atoms. The van der Waals surface area contributed by atoms with E-state index in [9.17, 15) is 0 Å². The van der Waals surface area contributed by atoms with Gasteiger partial charge in [0.2, 0.25) is 0 Å². The molecule has 2 aromatic carbocycles. The van der Waals surface area contributed by atoms with Gasteiger partial charge in [-0.25, -0.2) is 0 Å². The molecule has 1 spiro atoms. The van der Waals surface area contributed by atoms with Crippen molar-refractivity contribution in [3.63, 3.8) is 0 Å². The summed E-state index contributed by atoms with van der Waals surface area (Å²) in [5.74, 6) is 2.10. The summed E-state index contributed by atoms with van der Waals surface area (Å²) < 4.78 is 6.70. The van der Waals surface area contributed by atoms with Crippen molar-refractivity contribution < 1.29 is 4.74 Å². The van der Waals surface area contributed by atoms with E-state index < -0.39 is 0 Å². The van der Waals surface area contributed by atoms with Crippen LogP contribution in [0.1, 0.15) is 75.4 Å². The van der Waals surface area contributed by atoms with Crippen LogP contribution in [0.2, 0.25) is 0 Å². The maximum Gasteiger partial charge on any atom is 0.123 e.